The highest BCUT2D eigenvalue weighted by Gasteiger charge is 2.33. The van der Waals surface area contributed by atoms with Crippen LogP contribution >= 0.6 is 0 Å². The summed E-state index contributed by atoms with van der Waals surface area (Å²) in [6.07, 6.45) is -4.79. The fourth-order valence-electron chi connectivity index (χ4n) is 3.48. The molecule has 3 aromatic carbocycles. The summed E-state index contributed by atoms with van der Waals surface area (Å²) < 4.78 is 47.9. The molecule has 0 atom stereocenters. The van der Waals surface area contributed by atoms with Crippen LogP contribution in [0.1, 0.15) is 16.7 Å². The van der Waals surface area contributed by atoms with Crippen molar-refractivity contribution in [1.29, 1.82) is 0 Å². The molecule has 0 saturated carbocycles. The number of amidine groups is 1. The number of hydrogen-bond donors (Lipinski definition) is 0. The van der Waals surface area contributed by atoms with Gasteiger partial charge in [0.05, 0.1) is 24.9 Å². The normalized spacial score (nSPS) is 13.6. The van der Waals surface area contributed by atoms with Crippen molar-refractivity contribution in [1.82, 2.24) is 0 Å². The standard InChI is InChI=1S/C24H19F3N2O2/c1-15-7-3-4-8-17(15)18-12-11-16(13-22(18)30-2)20-14-28-23(29-20)19-9-5-6-10-21(19)31-24(25,26)27/h3-13H,14H2,1-2H3. The number of alkyl halides is 3. The first-order valence-corrected chi connectivity index (χ1v) is 9.57. The van der Waals surface area contributed by atoms with Crippen LogP contribution < -0.4 is 9.47 Å². The molecule has 0 unspecified atom stereocenters. The molecule has 0 saturated heterocycles. The summed E-state index contributed by atoms with van der Waals surface area (Å²) in [6, 6.07) is 19.6. The lowest BCUT2D eigenvalue weighted by atomic mass is 9.97. The zero-order valence-corrected chi connectivity index (χ0v) is 16.9. The van der Waals surface area contributed by atoms with Crippen LogP contribution in [0.5, 0.6) is 11.5 Å². The van der Waals surface area contributed by atoms with Crippen LogP contribution in [0.4, 0.5) is 13.2 Å². The third-order valence-electron chi connectivity index (χ3n) is 4.94. The van der Waals surface area contributed by atoms with Gasteiger partial charge in [-0.05, 0) is 42.3 Å². The molecular weight excluding hydrogens is 405 g/mol. The summed E-state index contributed by atoms with van der Waals surface area (Å²) in [5, 5.41) is 0. The lowest BCUT2D eigenvalue weighted by Gasteiger charge is -2.13. The summed E-state index contributed by atoms with van der Waals surface area (Å²) in [5.41, 5.74) is 4.77. The molecular formula is C24H19F3N2O2. The Kier molecular flexibility index (Phi) is 5.50. The quantitative estimate of drug-likeness (QED) is 0.518. The molecule has 1 aliphatic rings. The minimum atomic E-state index is -4.79. The van der Waals surface area contributed by atoms with Crippen molar-refractivity contribution in [2.45, 2.75) is 13.3 Å². The number of nitrogens with zero attached hydrogens (tertiary/aromatic N) is 2. The lowest BCUT2D eigenvalue weighted by Crippen LogP contribution is -2.18. The number of aryl methyl sites for hydroxylation is 1. The smallest absolute Gasteiger partial charge is 0.496 e. The van der Waals surface area contributed by atoms with Crippen LogP contribution in [0.15, 0.2) is 76.7 Å². The van der Waals surface area contributed by atoms with Crippen LogP contribution in [-0.4, -0.2) is 31.6 Å². The van der Waals surface area contributed by atoms with Gasteiger partial charge in [-0.2, -0.15) is 0 Å². The minimum Gasteiger partial charge on any atom is -0.496 e. The molecule has 0 spiro atoms. The first-order valence-electron chi connectivity index (χ1n) is 9.57. The van der Waals surface area contributed by atoms with Gasteiger partial charge in [0.2, 0.25) is 0 Å². The number of ether oxygens (including phenoxy) is 2. The fourth-order valence-corrected chi connectivity index (χ4v) is 3.48. The number of methoxy groups -OCH3 is 1. The molecule has 3 aromatic rings. The molecule has 4 nitrogen and oxygen atoms in total. The maximum atomic E-state index is 12.7. The second kappa shape index (κ2) is 8.26. The zero-order valence-electron chi connectivity index (χ0n) is 16.9. The van der Waals surface area contributed by atoms with E-state index in [2.05, 4.69) is 14.7 Å². The van der Waals surface area contributed by atoms with Gasteiger partial charge in [-0.25, -0.2) is 4.99 Å². The van der Waals surface area contributed by atoms with Crippen LogP contribution in [0.2, 0.25) is 0 Å². The Morgan fingerprint density at radius 3 is 2.26 bits per heavy atom. The summed E-state index contributed by atoms with van der Waals surface area (Å²) in [6.45, 7) is 2.28. The molecule has 0 radical (unpaired) electrons. The van der Waals surface area contributed by atoms with E-state index in [1.165, 1.54) is 18.2 Å². The zero-order chi connectivity index (χ0) is 22.0. The van der Waals surface area contributed by atoms with Gasteiger partial charge in [0, 0.05) is 11.1 Å². The Morgan fingerprint density at radius 1 is 0.839 bits per heavy atom. The second-order valence-corrected chi connectivity index (χ2v) is 6.97. The molecule has 0 N–H and O–H groups in total. The van der Waals surface area contributed by atoms with Crippen molar-refractivity contribution >= 4 is 11.5 Å². The van der Waals surface area contributed by atoms with Gasteiger partial charge in [0.1, 0.15) is 11.5 Å². The topological polar surface area (TPSA) is 43.2 Å². The summed E-state index contributed by atoms with van der Waals surface area (Å²) in [7, 11) is 1.60. The third-order valence-corrected chi connectivity index (χ3v) is 4.94. The minimum absolute atomic E-state index is 0.193. The monoisotopic (exact) mass is 424 g/mol. The number of benzene rings is 3. The first-order chi connectivity index (χ1) is 14.9. The van der Waals surface area contributed by atoms with Crippen LogP contribution in [0.25, 0.3) is 11.1 Å². The van der Waals surface area contributed by atoms with Crippen LogP contribution in [0, 0.1) is 6.92 Å². The number of aliphatic imine (C=N–C) groups is 2. The van der Waals surface area contributed by atoms with E-state index in [9.17, 15) is 13.2 Å². The van der Waals surface area contributed by atoms with E-state index >= 15 is 0 Å². The number of para-hydroxylation sites is 1. The highest BCUT2D eigenvalue weighted by atomic mass is 19.4. The highest BCUT2D eigenvalue weighted by Crippen LogP contribution is 2.34. The van der Waals surface area contributed by atoms with Crippen LogP contribution in [-0.2, 0) is 0 Å². The van der Waals surface area contributed by atoms with E-state index in [1.807, 2.05) is 49.4 Å². The average Bonchev–Trinajstić information content (AvgIpc) is 3.23. The van der Waals surface area contributed by atoms with Gasteiger partial charge in [0.25, 0.3) is 0 Å². The van der Waals surface area contributed by atoms with Gasteiger partial charge < -0.3 is 9.47 Å². The SMILES string of the molecule is COc1cc(C2=NC(c3ccccc3OC(F)(F)F)=NC2)ccc1-c1ccccc1C. The summed E-state index contributed by atoms with van der Waals surface area (Å²) in [5.74, 6) is 0.562. The number of halogens is 3. The van der Waals surface area contributed by atoms with Crippen molar-refractivity contribution in [3.63, 3.8) is 0 Å². The molecule has 158 valence electrons. The van der Waals surface area contributed by atoms with E-state index in [-0.39, 0.29) is 23.7 Å². The van der Waals surface area contributed by atoms with E-state index in [0.29, 0.717) is 11.5 Å². The van der Waals surface area contributed by atoms with E-state index < -0.39 is 6.36 Å². The second-order valence-electron chi connectivity index (χ2n) is 6.97. The summed E-state index contributed by atoms with van der Waals surface area (Å²) >= 11 is 0. The molecule has 0 aliphatic carbocycles. The molecule has 0 fully saturated rings. The fraction of sp³-hybridized carbons (Fsp3) is 0.167. The molecule has 0 bridgehead atoms. The largest absolute Gasteiger partial charge is 0.573 e. The Labute approximate surface area is 177 Å². The number of hydrogen-bond acceptors (Lipinski definition) is 4. The molecule has 4 rings (SSSR count). The first kappa shape index (κ1) is 20.7. The third kappa shape index (κ3) is 4.45. The van der Waals surface area contributed by atoms with E-state index in [0.717, 1.165) is 22.3 Å². The molecule has 0 aromatic heterocycles. The molecule has 7 heteroatoms. The predicted molar refractivity (Wildman–Crippen MR) is 114 cm³/mol. The molecule has 0 amide bonds. The molecule has 1 aliphatic heterocycles. The number of rotatable bonds is 5. The predicted octanol–water partition coefficient (Wildman–Crippen LogP) is 5.82. The van der Waals surface area contributed by atoms with Gasteiger partial charge in [-0.3, -0.25) is 4.99 Å². The Morgan fingerprint density at radius 2 is 1.55 bits per heavy atom. The van der Waals surface area contributed by atoms with Crippen molar-refractivity contribution < 1.29 is 22.6 Å². The Bertz CT molecular complexity index is 1180. The van der Waals surface area contributed by atoms with Crippen molar-refractivity contribution in [2.75, 3.05) is 13.7 Å². The van der Waals surface area contributed by atoms with Crippen molar-refractivity contribution in [2.24, 2.45) is 9.98 Å². The van der Waals surface area contributed by atoms with Gasteiger partial charge in [0.15, 0.2) is 5.84 Å². The van der Waals surface area contributed by atoms with E-state index in [1.54, 1.807) is 13.2 Å². The maximum absolute atomic E-state index is 12.7. The van der Waals surface area contributed by atoms with Gasteiger partial charge >= 0.3 is 6.36 Å². The molecule has 31 heavy (non-hydrogen) atoms. The average molecular weight is 424 g/mol. The van der Waals surface area contributed by atoms with Gasteiger partial charge in [-0.1, -0.05) is 42.5 Å². The molecule has 1 heterocycles. The van der Waals surface area contributed by atoms with Crippen LogP contribution in [0.3, 0.4) is 0 Å². The van der Waals surface area contributed by atoms with Gasteiger partial charge in [-0.15, -0.1) is 13.2 Å². The lowest BCUT2D eigenvalue weighted by molar-refractivity contribution is -0.274. The van der Waals surface area contributed by atoms with Crippen molar-refractivity contribution in [3.8, 4) is 22.6 Å². The maximum Gasteiger partial charge on any atom is 0.573 e. The van der Waals surface area contributed by atoms with Crippen molar-refractivity contribution in [3.05, 3.63) is 83.4 Å². The Balaban J connectivity index is 1.66. The highest BCUT2D eigenvalue weighted by molar-refractivity contribution is 6.18. The summed E-state index contributed by atoms with van der Waals surface area (Å²) in [4.78, 5) is 8.81. The van der Waals surface area contributed by atoms with E-state index in [4.69, 9.17) is 4.74 Å². The Hall–Kier alpha value is -3.61.